The fourth-order valence-electron chi connectivity index (χ4n) is 2.63. The Hall–Kier alpha value is -3.02. The number of imidazole rings is 1. The molecule has 1 aromatic heterocycles. The number of methoxy groups -OCH3 is 1. The lowest BCUT2D eigenvalue weighted by Crippen LogP contribution is -2.32. The van der Waals surface area contributed by atoms with Crippen LogP contribution < -0.4 is 10.1 Å². The fraction of sp³-hybridized carbons (Fsp3) is 0.263. The van der Waals surface area contributed by atoms with Crippen LogP contribution in [0.3, 0.4) is 0 Å². The second-order valence-electron chi connectivity index (χ2n) is 5.89. The third-order valence-corrected chi connectivity index (χ3v) is 4.01. The molecule has 6 nitrogen and oxygen atoms in total. The van der Waals surface area contributed by atoms with Crippen LogP contribution in [-0.4, -0.2) is 41.6 Å². The Bertz CT molecular complexity index is 826. The van der Waals surface area contributed by atoms with Crippen LogP contribution in [0.1, 0.15) is 12.2 Å². The topological polar surface area (TPSA) is 70.2 Å². The molecule has 0 fully saturated rings. The highest BCUT2D eigenvalue weighted by atomic mass is 16.5. The molecule has 0 saturated heterocycles. The molecule has 2 amide bonds. The number of aromatic nitrogens is 2. The third kappa shape index (κ3) is 4.29. The number of carbonyl (C=O) groups excluding carboxylic acids is 1. The maximum atomic E-state index is 12.2. The number of nitrogens with one attached hydrogen (secondary N) is 2. The molecular formula is C19H22N4O2. The van der Waals surface area contributed by atoms with E-state index in [9.17, 15) is 4.79 Å². The van der Waals surface area contributed by atoms with E-state index in [4.69, 9.17) is 4.74 Å². The Morgan fingerprint density at radius 1 is 1.24 bits per heavy atom. The molecule has 0 unspecified atom stereocenters. The van der Waals surface area contributed by atoms with E-state index in [1.807, 2.05) is 42.5 Å². The van der Waals surface area contributed by atoms with E-state index in [0.717, 1.165) is 29.7 Å². The zero-order valence-electron chi connectivity index (χ0n) is 14.5. The summed E-state index contributed by atoms with van der Waals surface area (Å²) >= 11 is 0. The SMILES string of the molecule is COc1cccc(NC(=O)N(C)CCCc2nc3ccccc3[nH]2)c1. The third-order valence-electron chi connectivity index (χ3n) is 4.01. The number of hydrogen-bond donors (Lipinski definition) is 2. The summed E-state index contributed by atoms with van der Waals surface area (Å²) < 4.78 is 5.16. The van der Waals surface area contributed by atoms with Crippen LogP contribution in [0.5, 0.6) is 5.75 Å². The van der Waals surface area contributed by atoms with Crippen molar-refractivity contribution in [1.82, 2.24) is 14.9 Å². The Kier molecular flexibility index (Phi) is 5.18. The van der Waals surface area contributed by atoms with Gasteiger partial charge in [-0.3, -0.25) is 0 Å². The molecule has 0 aliphatic carbocycles. The van der Waals surface area contributed by atoms with Crippen molar-refractivity contribution in [2.75, 3.05) is 26.0 Å². The number of fused-ring (bicyclic) bond motifs is 1. The first kappa shape index (κ1) is 16.8. The number of benzene rings is 2. The zero-order chi connectivity index (χ0) is 17.6. The van der Waals surface area contributed by atoms with E-state index < -0.39 is 0 Å². The molecule has 2 N–H and O–H groups in total. The molecule has 0 saturated carbocycles. The number of nitrogens with zero attached hydrogens (tertiary/aromatic N) is 2. The van der Waals surface area contributed by atoms with Gasteiger partial charge in [-0.25, -0.2) is 9.78 Å². The molecule has 0 radical (unpaired) electrons. The predicted octanol–water partition coefficient (Wildman–Crippen LogP) is 3.67. The Labute approximate surface area is 146 Å². The molecule has 0 spiro atoms. The van der Waals surface area contributed by atoms with Crippen molar-refractivity contribution in [2.24, 2.45) is 0 Å². The lowest BCUT2D eigenvalue weighted by molar-refractivity contribution is 0.222. The maximum absolute atomic E-state index is 12.2. The van der Waals surface area contributed by atoms with Gasteiger partial charge in [-0.05, 0) is 30.7 Å². The van der Waals surface area contributed by atoms with Crippen LogP contribution in [0.2, 0.25) is 0 Å². The van der Waals surface area contributed by atoms with Crippen molar-refractivity contribution < 1.29 is 9.53 Å². The number of hydrogen-bond acceptors (Lipinski definition) is 3. The standard InChI is InChI=1S/C19H22N4O2/c1-23(19(24)20-14-7-5-8-15(13-14)25-2)12-6-11-18-21-16-9-3-4-10-17(16)22-18/h3-5,7-10,13H,6,11-12H2,1-2H3,(H,20,24)(H,21,22). The number of aromatic amines is 1. The van der Waals surface area contributed by atoms with Crippen LogP contribution in [0, 0.1) is 0 Å². The number of aryl methyl sites for hydroxylation is 1. The summed E-state index contributed by atoms with van der Waals surface area (Å²) in [7, 11) is 3.39. The van der Waals surface area contributed by atoms with E-state index >= 15 is 0 Å². The molecule has 6 heteroatoms. The number of para-hydroxylation sites is 2. The molecule has 2 aromatic carbocycles. The summed E-state index contributed by atoms with van der Waals surface area (Å²) in [5, 5.41) is 2.87. The number of anilines is 1. The minimum atomic E-state index is -0.141. The minimum absolute atomic E-state index is 0.141. The monoisotopic (exact) mass is 338 g/mol. The quantitative estimate of drug-likeness (QED) is 0.720. The summed E-state index contributed by atoms with van der Waals surface area (Å²) in [6.45, 7) is 0.646. The Morgan fingerprint density at radius 2 is 2.08 bits per heavy atom. The van der Waals surface area contributed by atoms with Crippen molar-refractivity contribution in [2.45, 2.75) is 12.8 Å². The van der Waals surface area contributed by atoms with Gasteiger partial charge in [0.1, 0.15) is 11.6 Å². The molecular weight excluding hydrogens is 316 g/mol. The molecule has 130 valence electrons. The second-order valence-corrected chi connectivity index (χ2v) is 5.89. The highest BCUT2D eigenvalue weighted by Crippen LogP contribution is 2.17. The first-order valence-corrected chi connectivity index (χ1v) is 8.25. The summed E-state index contributed by atoms with van der Waals surface area (Å²) in [6.07, 6.45) is 1.63. The largest absolute Gasteiger partial charge is 0.497 e. The first-order chi connectivity index (χ1) is 12.2. The average molecular weight is 338 g/mol. The van der Waals surface area contributed by atoms with Gasteiger partial charge < -0.3 is 19.9 Å². The van der Waals surface area contributed by atoms with Gasteiger partial charge in [-0.1, -0.05) is 18.2 Å². The van der Waals surface area contributed by atoms with Crippen molar-refractivity contribution >= 4 is 22.8 Å². The van der Waals surface area contributed by atoms with E-state index in [2.05, 4.69) is 15.3 Å². The highest BCUT2D eigenvalue weighted by Gasteiger charge is 2.10. The fourth-order valence-corrected chi connectivity index (χ4v) is 2.63. The summed E-state index contributed by atoms with van der Waals surface area (Å²) in [4.78, 5) is 21.8. The molecule has 1 heterocycles. The average Bonchev–Trinajstić information content (AvgIpc) is 3.04. The van der Waals surface area contributed by atoms with E-state index in [-0.39, 0.29) is 6.03 Å². The predicted molar refractivity (Wildman–Crippen MR) is 99.1 cm³/mol. The van der Waals surface area contributed by atoms with Crippen LogP contribution in [0.15, 0.2) is 48.5 Å². The second kappa shape index (κ2) is 7.70. The van der Waals surface area contributed by atoms with Gasteiger partial charge >= 0.3 is 6.03 Å². The molecule has 3 aromatic rings. The lowest BCUT2D eigenvalue weighted by atomic mass is 10.3. The number of carbonyl (C=O) groups is 1. The van der Waals surface area contributed by atoms with E-state index in [1.54, 1.807) is 25.1 Å². The van der Waals surface area contributed by atoms with Crippen molar-refractivity contribution in [1.29, 1.82) is 0 Å². The van der Waals surface area contributed by atoms with Crippen molar-refractivity contribution in [3.63, 3.8) is 0 Å². The van der Waals surface area contributed by atoms with Gasteiger partial charge in [-0.15, -0.1) is 0 Å². The number of rotatable bonds is 6. The van der Waals surface area contributed by atoms with Crippen LogP contribution in [0.4, 0.5) is 10.5 Å². The number of H-pyrrole nitrogens is 1. The molecule has 3 rings (SSSR count). The normalized spacial score (nSPS) is 10.6. The van der Waals surface area contributed by atoms with Crippen molar-refractivity contribution in [3.05, 3.63) is 54.4 Å². The van der Waals surface area contributed by atoms with Gasteiger partial charge in [0.2, 0.25) is 0 Å². The molecule has 0 atom stereocenters. The highest BCUT2D eigenvalue weighted by molar-refractivity contribution is 5.89. The van der Waals surface area contributed by atoms with Gasteiger partial charge in [0.15, 0.2) is 0 Å². The van der Waals surface area contributed by atoms with Gasteiger partial charge in [-0.2, -0.15) is 0 Å². The summed E-state index contributed by atoms with van der Waals surface area (Å²) in [5.74, 6) is 1.66. The lowest BCUT2D eigenvalue weighted by Gasteiger charge is -2.18. The Morgan fingerprint density at radius 3 is 2.88 bits per heavy atom. The number of amides is 2. The van der Waals surface area contributed by atoms with Gasteiger partial charge in [0.05, 0.1) is 18.1 Å². The minimum Gasteiger partial charge on any atom is -0.497 e. The smallest absolute Gasteiger partial charge is 0.321 e. The van der Waals surface area contributed by atoms with Gasteiger partial charge in [0, 0.05) is 31.8 Å². The van der Waals surface area contributed by atoms with Crippen molar-refractivity contribution in [3.8, 4) is 5.75 Å². The summed E-state index contributed by atoms with van der Waals surface area (Å²) in [6, 6.07) is 15.1. The maximum Gasteiger partial charge on any atom is 0.321 e. The molecule has 0 aliphatic rings. The number of ether oxygens (including phenoxy) is 1. The number of urea groups is 1. The zero-order valence-corrected chi connectivity index (χ0v) is 14.5. The molecule has 0 bridgehead atoms. The summed E-state index contributed by atoms with van der Waals surface area (Å²) in [5.41, 5.74) is 2.73. The van der Waals surface area contributed by atoms with E-state index in [0.29, 0.717) is 18.0 Å². The van der Waals surface area contributed by atoms with Crippen LogP contribution >= 0.6 is 0 Å². The molecule has 25 heavy (non-hydrogen) atoms. The van der Waals surface area contributed by atoms with E-state index in [1.165, 1.54) is 0 Å². The van der Waals surface area contributed by atoms with Gasteiger partial charge in [0.25, 0.3) is 0 Å². The Balaban J connectivity index is 1.49. The molecule has 0 aliphatic heterocycles. The first-order valence-electron chi connectivity index (χ1n) is 8.25. The van der Waals surface area contributed by atoms with Crippen LogP contribution in [-0.2, 0) is 6.42 Å². The van der Waals surface area contributed by atoms with Crippen LogP contribution in [0.25, 0.3) is 11.0 Å².